The number of rotatable bonds is 41. The average molecular weight is 1620 g/mol. The van der Waals surface area contributed by atoms with Crippen LogP contribution < -0.4 is 66.3 Å². The van der Waals surface area contributed by atoms with Crippen molar-refractivity contribution in [2.45, 2.75) is 200 Å². The zero-order valence-corrected chi connectivity index (χ0v) is 61.8. The van der Waals surface area contributed by atoms with Crippen LogP contribution in [0.1, 0.15) is 101 Å². The summed E-state index contributed by atoms with van der Waals surface area (Å²) in [5, 5.41) is 159. The van der Waals surface area contributed by atoms with Gasteiger partial charge in [-0.2, -0.15) is 0 Å². The molecule has 3 saturated heterocycles. The van der Waals surface area contributed by atoms with Crippen molar-refractivity contribution in [1.82, 2.24) is 66.7 Å². The molecule has 0 aliphatic carbocycles. The number of primary amides is 3. The highest BCUT2D eigenvalue weighted by Crippen LogP contribution is 2.36. The summed E-state index contributed by atoms with van der Waals surface area (Å²) in [5.74, 6) is -8.43. The lowest BCUT2D eigenvalue weighted by atomic mass is 9.97. The van der Waals surface area contributed by atoms with Crippen molar-refractivity contribution in [3.8, 4) is 10.7 Å². The molecule has 0 aromatic carbocycles. The molecule has 47 nitrogen and oxygen atoms in total. The van der Waals surface area contributed by atoms with Gasteiger partial charge in [-0.05, 0) is 40.7 Å². The van der Waals surface area contributed by atoms with Gasteiger partial charge in [0.25, 0.3) is 11.8 Å². The zero-order chi connectivity index (χ0) is 82.0. The molecule has 8 amide bonds. The van der Waals surface area contributed by atoms with E-state index in [-0.39, 0.29) is 52.4 Å². The standard InChI is InChI=1S/C62H97N19O28S2/c1-21-36(77-51(79-49(21)66)26(12-33(64)88)71-14-25(63)50(67)97)53(99)78-38(46(27-15-69-20-72-27)106-61-48(42(93)39(90)31(16-84)105-61)107-60-44(95)47(108-62(68)102)40(91)32(17-85)104-60)55(101)73-22(2)30(87)13-34(89)76-37(23(3)86)54(100)80-56(109-59-43(94)41(92)35(65)24(4)103-59)45(96)58-75-29(19-111-58)57-74-28(18-110-57)52(98)70-6-5-7-81(8-10-82)9-11-83/h15,18-20,22-26,30-32,35,37-48,56,59-61,71,82-87,90-96H,5-14,16-17,63,65H2,1-4H3,(H2,64,88)(H2,67,97)(H2,68,102)(H,69,72)(H,70,98)(H,73,101)(H,76,89)(H,78,99)(H,80,100)(H2,66,77,79)/t22-,23-,24?,25+,26+,30+,31?,32?,35?,37+,38+,39?,40?,41?,42?,43?,44?,45?,46+,47?,48?,56?,59?,60?,61?/m1/s1. The number of aromatic nitrogens is 6. The molecule has 111 heavy (non-hydrogen) atoms. The Labute approximate surface area is 639 Å². The van der Waals surface area contributed by atoms with Crippen LogP contribution in [-0.4, -0.2) is 342 Å². The molecule has 0 spiro atoms. The molecule has 17 unspecified atom stereocenters. The van der Waals surface area contributed by atoms with Gasteiger partial charge in [0, 0.05) is 48.9 Å². The van der Waals surface area contributed by atoms with E-state index in [2.05, 4.69) is 61.8 Å². The van der Waals surface area contributed by atoms with Crippen LogP contribution in [-0.2, 0) is 57.1 Å². The third-order valence-corrected chi connectivity index (χ3v) is 19.7. The fraction of sp³-hybridized carbons (Fsp3) is 0.661. The first-order valence-corrected chi connectivity index (χ1v) is 36.3. The number of carbonyl (C=O) groups is 8. The SMILES string of the molecule is Cc1c(N)nc([C@H](CC(N)=O)NC[C@H](N)C(N)=O)nc1C(=O)N[C@H](C(=O)N[C@H](C)[C@@H](O)CC(=O)N[C@H](C(=O)NC(OC1OC(C)C(N)C(O)C1O)C(O)c1nc(-c2nc(C(=O)NCCCN(CCO)CCO)cs2)cs1)[C@@H](C)O)[C@@H](OC1OC(CO)C(O)C(O)C1OC1OC(CO)C(O)C(OC(N)=O)C1O)c1cnc[nH]1. The van der Waals surface area contributed by atoms with E-state index in [0.29, 0.717) is 26.1 Å². The highest BCUT2D eigenvalue weighted by molar-refractivity contribution is 7.14. The molecule has 3 fully saturated rings. The second-order valence-corrected chi connectivity index (χ2v) is 27.9. The number of hydrogen-bond donors (Lipinski definition) is 26. The van der Waals surface area contributed by atoms with Crippen LogP contribution in [0.2, 0.25) is 0 Å². The van der Waals surface area contributed by atoms with Crippen LogP contribution in [0.25, 0.3) is 10.7 Å². The van der Waals surface area contributed by atoms with Gasteiger partial charge >= 0.3 is 6.09 Å². The quantitative estimate of drug-likeness (QED) is 0.0145. The molecular formula is C62H97N19O28S2. The number of aromatic amines is 1. The van der Waals surface area contributed by atoms with E-state index in [9.17, 15) is 95.2 Å². The summed E-state index contributed by atoms with van der Waals surface area (Å²) in [6, 6.07) is -9.72. The Kier molecular flexibility index (Phi) is 33.9. The topological polar surface area (TPSA) is 776 Å². The molecule has 25 atom stereocenters. The maximum Gasteiger partial charge on any atom is 0.404 e. The number of carbonyl (C=O) groups excluding carboxylic acids is 8. The van der Waals surface area contributed by atoms with Gasteiger partial charge in [0.05, 0.1) is 93.5 Å². The number of nitrogens with one attached hydrogen (secondary N) is 7. The molecule has 7 rings (SSSR count). The van der Waals surface area contributed by atoms with Crippen molar-refractivity contribution in [1.29, 1.82) is 0 Å². The molecule has 4 aromatic rings. The van der Waals surface area contributed by atoms with Crippen molar-refractivity contribution >= 4 is 75.9 Å². The Hall–Kier alpha value is -8.01. The number of anilines is 1. The van der Waals surface area contributed by atoms with E-state index in [4.69, 9.17) is 67.6 Å². The number of nitrogens with two attached hydrogens (primary N) is 6. The van der Waals surface area contributed by atoms with Crippen LogP contribution in [0.15, 0.2) is 23.3 Å². The smallest absolute Gasteiger partial charge is 0.404 e. The van der Waals surface area contributed by atoms with E-state index >= 15 is 9.59 Å². The van der Waals surface area contributed by atoms with E-state index < -0.39 is 250 Å². The van der Waals surface area contributed by atoms with E-state index in [1.807, 2.05) is 4.90 Å². The highest BCUT2D eigenvalue weighted by atomic mass is 32.1. The largest absolute Gasteiger partial charge is 0.441 e. The molecule has 3 aliphatic rings. The van der Waals surface area contributed by atoms with Gasteiger partial charge in [0.15, 0.2) is 37.3 Å². The van der Waals surface area contributed by atoms with E-state index in [0.717, 1.165) is 49.0 Å². The lowest BCUT2D eigenvalue weighted by molar-refractivity contribution is -0.372. The molecule has 3 aliphatic heterocycles. The number of aliphatic hydroxyl groups excluding tert-OH is 13. The number of nitrogens with zero attached hydrogens (tertiary/aromatic N) is 6. The zero-order valence-electron chi connectivity index (χ0n) is 60.1. The second kappa shape index (κ2) is 41.7. The van der Waals surface area contributed by atoms with Crippen molar-refractivity contribution in [2.24, 2.45) is 28.7 Å². The van der Waals surface area contributed by atoms with Crippen molar-refractivity contribution in [3.63, 3.8) is 0 Å². The van der Waals surface area contributed by atoms with Gasteiger partial charge in [-0.25, -0.2) is 29.7 Å². The van der Waals surface area contributed by atoms with Crippen molar-refractivity contribution in [2.75, 3.05) is 64.9 Å². The summed E-state index contributed by atoms with van der Waals surface area (Å²) in [4.78, 5) is 134. The monoisotopic (exact) mass is 1620 g/mol. The predicted octanol–water partition coefficient (Wildman–Crippen LogP) is -11.9. The van der Waals surface area contributed by atoms with Crippen molar-refractivity contribution < 1.29 is 138 Å². The summed E-state index contributed by atoms with van der Waals surface area (Å²) in [5.41, 5.74) is 33.3. The number of imidazole rings is 1. The molecule has 7 heterocycles. The second-order valence-electron chi connectivity index (χ2n) is 26.2. The minimum absolute atomic E-state index is 0.0189. The lowest BCUT2D eigenvalue weighted by Crippen LogP contribution is -2.65. The first kappa shape index (κ1) is 90.2. The Morgan fingerprint density at radius 1 is 0.721 bits per heavy atom. The molecule has 620 valence electrons. The van der Waals surface area contributed by atoms with Gasteiger partial charge in [-0.1, -0.05) is 0 Å². The van der Waals surface area contributed by atoms with Crippen LogP contribution in [0.3, 0.4) is 0 Å². The molecule has 0 saturated carbocycles. The fourth-order valence-electron chi connectivity index (χ4n) is 11.5. The fourth-order valence-corrected chi connectivity index (χ4v) is 13.2. The Morgan fingerprint density at radius 3 is 2.01 bits per heavy atom. The maximum absolute atomic E-state index is 15.3. The summed E-state index contributed by atoms with van der Waals surface area (Å²) in [7, 11) is 0. The first-order chi connectivity index (χ1) is 52.5. The third kappa shape index (κ3) is 23.8. The number of ether oxygens (including phenoxy) is 7. The predicted molar refractivity (Wildman–Crippen MR) is 376 cm³/mol. The lowest BCUT2D eigenvalue weighted by Gasteiger charge is -2.47. The number of amides is 8. The van der Waals surface area contributed by atoms with E-state index in [1.165, 1.54) is 24.6 Å². The normalized spacial score (nSPS) is 26.9. The third-order valence-electron chi connectivity index (χ3n) is 17.9. The number of hydrogen-bond acceptors (Lipinski definition) is 40. The van der Waals surface area contributed by atoms with Gasteiger partial charge in [-0.15, -0.1) is 22.7 Å². The molecule has 32 N–H and O–H groups in total. The highest BCUT2D eigenvalue weighted by Gasteiger charge is 2.54. The molecule has 4 aromatic heterocycles. The average Bonchev–Trinajstić information content (AvgIpc) is 1.13. The van der Waals surface area contributed by atoms with Gasteiger partial charge in [0.1, 0.15) is 112 Å². The van der Waals surface area contributed by atoms with Crippen LogP contribution >= 0.6 is 22.7 Å². The van der Waals surface area contributed by atoms with Gasteiger partial charge in [0.2, 0.25) is 29.5 Å². The number of aliphatic hydroxyl groups is 13. The molecule has 49 heteroatoms. The summed E-state index contributed by atoms with van der Waals surface area (Å²) in [6.45, 7) is 3.54. The van der Waals surface area contributed by atoms with Crippen LogP contribution in [0.4, 0.5) is 10.6 Å². The Balaban J connectivity index is 1.16. The maximum atomic E-state index is 15.3. The summed E-state index contributed by atoms with van der Waals surface area (Å²) in [6.07, 6.45) is -37.5. The minimum atomic E-state index is -2.27. The molecule has 0 bridgehead atoms. The first-order valence-electron chi connectivity index (χ1n) is 34.5. The number of nitrogen functional groups attached to an aromatic ring is 1. The molecular weight excluding hydrogens is 1520 g/mol. The van der Waals surface area contributed by atoms with Crippen molar-refractivity contribution in [3.05, 3.63) is 56.8 Å². The van der Waals surface area contributed by atoms with Crippen LogP contribution in [0.5, 0.6) is 0 Å². The Bertz CT molecular complexity index is 3720. The summed E-state index contributed by atoms with van der Waals surface area (Å²) < 4.78 is 40.4. The minimum Gasteiger partial charge on any atom is -0.441 e. The number of H-pyrrole nitrogens is 1. The summed E-state index contributed by atoms with van der Waals surface area (Å²) >= 11 is 1.84. The van der Waals surface area contributed by atoms with Gasteiger partial charge < -0.3 is 171 Å². The van der Waals surface area contributed by atoms with E-state index in [1.54, 1.807) is 0 Å². The van der Waals surface area contributed by atoms with Crippen LogP contribution in [0, 0.1) is 6.92 Å². The molecule has 0 radical (unpaired) electrons. The number of thiazole rings is 2. The Morgan fingerprint density at radius 2 is 1.39 bits per heavy atom. The van der Waals surface area contributed by atoms with Gasteiger partial charge in [-0.3, -0.25) is 38.5 Å².